The summed E-state index contributed by atoms with van der Waals surface area (Å²) >= 11 is 0. The Bertz CT molecular complexity index is 1070. The zero-order valence-corrected chi connectivity index (χ0v) is 21.8. The molecule has 0 saturated heterocycles. The number of allylic oxidation sites excluding steroid dienone is 2. The van der Waals surface area contributed by atoms with Gasteiger partial charge >= 0.3 is 24.1 Å². The maximum absolute atomic E-state index is 12.9. The van der Waals surface area contributed by atoms with Crippen molar-refractivity contribution in [2.75, 3.05) is 24.0 Å². The van der Waals surface area contributed by atoms with E-state index in [1.807, 2.05) is 0 Å². The number of rotatable bonds is 4. The molecule has 0 saturated carbocycles. The second-order valence-electron chi connectivity index (χ2n) is 9.63. The van der Waals surface area contributed by atoms with Gasteiger partial charge in [-0.15, -0.1) is 0 Å². The number of amides is 2. The number of ether oxygens (including phenoxy) is 4. The molecule has 1 aromatic carbocycles. The average molecular weight is 501 g/mol. The largest absolute Gasteiger partial charge is 0.465 e. The van der Waals surface area contributed by atoms with E-state index in [1.54, 1.807) is 72.0 Å². The first-order valence-electron chi connectivity index (χ1n) is 11.1. The quantitative estimate of drug-likeness (QED) is 0.423. The van der Waals surface area contributed by atoms with Crippen LogP contribution in [0.2, 0.25) is 0 Å². The molecular formula is C26H32N2O8. The summed E-state index contributed by atoms with van der Waals surface area (Å²) in [5.74, 6) is -1.49. The standard InChI is InChI=1S/C26H32N2O8/c1-25(2,3)35-23(31)28(24(32)36-26(4,5)6)18-14-12-17(13-15-18)27-16-10-9-11-19(21(29)33-7)20(27)22(30)34-8/h9-16H,1-8H3. The first-order valence-corrected chi connectivity index (χ1v) is 11.1. The molecule has 194 valence electrons. The number of nitrogens with zero attached hydrogens (tertiary/aromatic N) is 2. The molecule has 10 nitrogen and oxygen atoms in total. The molecule has 0 aliphatic carbocycles. The molecule has 10 heteroatoms. The molecule has 1 aliphatic heterocycles. The van der Waals surface area contributed by atoms with Gasteiger partial charge in [0.2, 0.25) is 0 Å². The number of hydrogen-bond acceptors (Lipinski definition) is 9. The van der Waals surface area contributed by atoms with Crippen molar-refractivity contribution in [3.8, 4) is 0 Å². The summed E-state index contributed by atoms with van der Waals surface area (Å²) in [6.45, 7) is 10.1. The van der Waals surface area contributed by atoms with Crippen LogP contribution in [0.3, 0.4) is 0 Å². The van der Waals surface area contributed by atoms with Crippen LogP contribution in [-0.2, 0) is 28.5 Å². The molecule has 0 bridgehead atoms. The van der Waals surface area contributed by atoms with E-state index < -0.39 is 35.3 Å². The highest BCUT2D eigenvalue weighted by atomic mass is 16.6. The van der Waals surface area contributed by atoms with Gasteiger partial charge < -0.3 is 23.8 Å². The maximum Gasteiger partial charge on any atom is 0.424 e. The van der Waals surface area contributed by atoms with Gasteiger partial charge in [0, 0.05) is 11.9 Å². The van der Waals surface area contributed by atoms with Crippen LogP contribution in [0.25, 0.3) is 0 Å². The molecule has 2 amide bonds. The van der Waals surface area contributed by atoms with Crippen LogP contribution >= 0.6 is 0 Å². The minimum Gasteiger partial charge on any atom is -0.465 e. The number of methoxy groups -OCH3 is 2. The fourth-order valence-corrected chi connectivity index (χ4v) is 3.03. The van der Waals surface area contributed by atoms with E-state index in [1.165, 1.54) is 37.3 Å². The summed E-state index contributed by atoms with van der Waals surface area (Å²) in [4.78, 5) is 53.0. The highest BCUT2D eigenvalue weighted by Gasteiger charge is 2.33. The molecule has 0 radical (unpaired) electrons. The number of imide groups is 1. The Morgan fingerprint density at radius 2 is 1.25 bits per heavy atom. The van der Waals surface area contributed by atoms with E-state index >= 15 is 0 Å². The van der Waals surface area contributed by atoms with Crippen molar-refractivity contribution in [3.05, 3.63) is 60.0 Å². The Labute approximate surface area is 210 Å². The van der Waals surface area contributed by atoms with Gasteiger partial charge in [0.1, 0.15) is 16.9 Å². The van der Waals surface area contributed by atoms with Crippen LogP contribution in [0.5, 0.6) is 0 Å². The molecule has 1 aromatic rings. The molecule has 1 aliphatic rings. The van der Waals surface area contributed by atoms with Crippen molar-refractivity contribution in [2.45, 2.75) is 52.7 Å². The van der Waals surface area contributed by atoms with Crippen molar-refractivity contribution in [2.24, 2.45) is 0 Å². The summed E-state index contributed by atoms with van der Waals surface area (Å²) in [7, 11) is 2.40. The summed E-state index contributed by atoms with van der Waals surface area (Å²) < 4.78 is 20.5. The normalized spacial score (nSPS) is 13.6. The van der Waals surface area contributed by atoms with E-state index in [0.717, 1.165) is 4.90 Å². The fourth-order valence-electron chi connectivity index (χ4n) is 3.03. The third-order valence-corrected chi connectivity index (χ3v) is 4.43. The molecule has 0 N–H and O–H groups in total. The predicted molar refractivity (Wildman–Crippen MR) is 133 cm³/mol. The van der Waals surface area contributed by atoms with E-state index in [4.69, 9.17) is 18.9 Å². The number of carbonyl (C=O) groups excluding carboxylic acids is 4. The summed E-state index contributed by atoms with van der Waals surface area (Å²) in [6.07, 6.45) is 4.39. The van der Waals surface area contributed by atoms with Crippen LogP contribution < -0.4 is 9.80 Å². The van der Waals surface area contributed by atoms with Crippen LogP contribution in [0.4, 0.5) is 21.0 Å². The predicted octanol–water partition coefficient (Wildman–Crippen LogP) is 4.85. The van der Waals surface area contributed by atoms with Crippen molar-refractivity contribution in [3.63, 3.8) is 0 Å². The lowest BCUT2D eigenvalue weighted by molar-refractivity contribution is -0.139. The first kappa shape index (κ1) is 28.2. The van der Waals surface area contributed by atoms with Crippen molar-refractivity contribution < 1.29 is 38.1 Å². The van der Waals surface area contributed by atoms with Gasteiger partial charge in [-0.05, 0) is 78.0 Å². The molecule has 0 unspecified atom stereocenters. The lowest BCUT2D eigenvalue weighted by Gasteiger charge is -2.29. The Hall–Kier alpha value is -4.08. The van der Waals surface area contributed by atoms with Crippen LogP contribution in [0.1, 0.15) is 41.5 Å². The van der Waals surface area contributed by atoms with Crippen molar-refractivity contribution in [1.82, 2.24) is 0 Å². The third kappa shape index (κ3) is 7.21. The number of carbonyl (C=O) groups is 4. The summed E-state index contributed by atoms with van der Waals surface area (Å²) in [5, 5.41) is 0. The van der Waals surface area contributed by atoms with Crippen LogP contribution in [0, 0.1) is 0 Å². The monoisotopic (exact) mass is 500 g/mol. The number of esters is 2. The van der Waals surface area contributed by atoms with Crippen LogP contribution in [0.15, 0.2) is 60.0 Å². The average Bonchev–Trinajstić information content (AvgIpc) is 2.99. The van der Waals surface area contributed by atoms with Gasteiger partial charge in [0.15, 0.2) is 0 Å². The summed E-state index contributed by atoms with van der Waals surface area (Å²) in [6, 6.07) is 6.10. The van der Waals surface area contributed by atoms with Gasteiger partial charge in [-0.2, -0.15) is 4.90 Å². The number of hydrogen-bond donors (Lipinski definition) is 0. The third-order valence-electron chi connectivity index (χ3n) is 4.43. The maximum atomic E-state index is 12.9. The highest BCUT2D eigenvalue weighted by molar-refractivity contribution is 6.10. The highest BCUT2D eigenvalue weighted by Crippen LogP contribution is 2.29. The summed E-state index contributed by atoms with van der Waals surface area (Å²) in [5.41, 5.74) is -1.18. The molecule has 0 aromatic heterocycles. The second-order valence-corrected chi connectivity index (χ2v) is 9.63. The second kappa shape index (κ2) is 11.1. The Balaban J connectivity index is 2.54. The van der Waals surface area contributed by atoms with Crippen LogP contribution in [-0.4, -0.2) is 49.5 Å². The zero-order valence-electron chi connectivity index (χ0n) is 21.8. The lowest BCUT2D eigenvalue weighted by atomic mass is 10.1. The minimum atomic E-state index is -0.911. The van der Waals surface area contributed by atoms with E-state index in [2.05, 4.69) is 0 Å². The van der Waals surface area contributed by atoms with E-state index in [0.29, 0.717) is 5.69 Å². The van der Waals surface area contributed by atoms with Crippen molar-refractivity contribution in [1.29, 1.82) is 0 Å². The Kier molecular flexibility index (Phi) is 8.69. The molecule has 0 fully saturated rings. The lowest BCUT2D eigenvalue weighted by Crippen LogP contribution is -2.43. The topological polar surface area (TPSA) is 112 Å². The van der Waals surface area contributed by atoms with E-state index in [9.17, 15) is 19.2 Å². The molecular weight excluding hydrogens is 468 g/mol. The Morgan fingerprint density at radius 3 is 1.69 bits per heavy atom. The van der Waals surface area contributed by atoms with Gasteiger partial charge in [-0.25, -0.2) is 19.2 Å². The van der Waals surface area contributed by atoms with Gasteiger partial charge in [0.05, 0.1) is 25.5 Å². The van der Waals surface area contributed by atoms with Crippen molar-refractivity contribution >= 4 is 35.5 Å². The SMILES string of the molecule is COC(=O)C1=C(C(=O)OC)N(c2ccc(N(C(=O)OC(C)(C)C)C(=O)OC(C)(C)C)cc2)C=CC=C1. The van der Waals surface area contributed by atoms with Gasteiger partial charge in [0.25, 0.3) is 0 Å². The smallest absolute Gasteiger partial charge is 0.424 e. The number of anilines is 2. The molecule has 1 heterocycles. The molecule has 2 rings (SSSR count). The zero-order chi connectivity index (χ0) is 27.3. The molecule has 0 atom stereocenters. The molecule has 36 heavy (non-hydrogen) atoms. The van der Waals surface area contributed by atoms with Gasteiger partial charge in [-0.3, -0.25) is 0 Å². The van der Waals surface area contributed by atoms with Gasteiger partial charge in [-0.1, -0.05) is 6.08 Å². The fraction of sp³-hybridized carbons (Fsp3) is 0.385. The number of benzene rings is 1. The van der Waals surface area contributed by atoms with E-state index in [-0.39, 0.29) is 17.0 Å². The minimum absolute atomic E-state index is 0.0115. The molecule has 0 spiro atoms. The Morgan fingerprint density at radius 1 is 0.750 bits per heavy atom. The first-order chi connectivity index (χ1) is 16.7.